The number of ether oxygens (including phenoxy) is 3. The number of nitrogens with zero attached hydrogens (tertiary/aromatic N) is 3. The molecule has 1 N–H and O–H groups in total. The highest BCUT2D eigenvalue weighted by molar-refractivity contribution is 5.82. The molecule has 0 heterocycles. The summed E-state index contributed by atoms with van der Waals surface area (Å²) >= 11 is 0. The van der Waals surface area contributed by atoms with Crippen molar-refractivity contribution in [1.29, 1.82) is 0 Å². The van der Waals surface area contributed by atoms with E-state index in [1.165, 1.54) is 0 Å². The van der Waals surface area contributed by atoms with Gasteiger partial charge in [-0.25, -0.2) is 0 Å². The maximum absolute atomic E-state index is 11.7. The van der Waals surface area contributed by atoms with Gasteiger partial charge in [-0.2, -0.15) is 0 Å². The summed E-state index contributed by atoms with van der Waals surface area (Å²) in [7, 11) is 1.55. The van der Waals surface area contributed by atoms with Crippen molar-refractivity contribution in [3.8, 4) is 11.5 Å². The summed E-state index contributed by atoms with van der Waals surface area (Å²) in [6.45, 7) is 1.18. The van der Waals surface area contributed by atoms with Crippen LogP contribution in [0.5, 0.6) is 11.5 Å². The molecule has 0 aromatic heterocycles. The Morgan fingerprint density at radius 2 is 1.88 bits per heavy atom. The predicted molar refractivity (Wildman–Crippen MR) is 85.7 cm³/mol. The number of esters is 1. The molecule has 0 spiro atoms. The van der Waals surface area contributed by atoms with Gasteiger partial charge in [-0.05, 0) is 29.8 Å². The molecule has 0 radical (unpaired) electrons. The van der Waals surface area contributed by atoms with Gasteiger partial charge < -0.3 is 19.5 Å². The molecule has 0 unspecified atom stereocenters. The predicted octanol–water partition coefficient (Wildman–Crippen LogP) is 1.82. The van der Waals surface area contributed by atoms with Gasteiger partial charge in [0.05, 0.1) is 26.7 Å². The number of nitrogens with one attached hydrogen (secondary N) is 1. The minimum atomic E-state index is -0.485. The lowest BCUT2D eigenvalue weighted by Crippen LogP contribution is -2.28. The Morgan fingerprint density at radius 3 is 2.54 bits per heavy atom. The number of carbonyl (C=O) groups excluding carboxylic acids is 2. The molecule has 130 valence electrons. The van der Waals surface area contributed by atoms with Crippen LogP contribution >= 0.6 is 0 Å². The van der Waals surface area contributed by atoms with Gasteiger partial charge in [0.15, 0.2) is 0 Å². The van der Waals surface area contributed by atoms with Gasteiger partial charge in [0.2, 0.25) is 5.91 Å². The highest BCUT2D eigenvalue weighted by Crippen LogP contribution is 2.17. The van der Waals surface area contributed by atoms with Gasteiger partial charge in [-0.3, -0.25) is 9.59 Å². The summed E-state index contributed by atoms with van der Waals surface area (Å²) in [4.78, 5) is 25.8. The molecule has 9 nitrogen and oxygen atoms in total. The van der Waals surface area contributed by atoms with Crippen LogP contribution in [0.4, 0.5) is 0 Å². The first-order valence-electron chi connectivity index (χ1n) is 7.35. The van der Waals surface area contributed by atoms with Crippen molar-refractivity contribution in [3.05, 3.63) is 34.7 Å². The minimum absolute atomic E-state index is 0.0183. The third kappa shape index (κ3) is 8.62. The van der Waals surface area contributed by atoms with Gasteiger partial charge in [-0.1, -0.05) is 5.11 Å². The van der Waals surface area contributed by atoms with Crippen molar-refractivity contribution >= 4 is 11.9 Å². The number of benzene rings is 1. The van der Waals surface area contributed by atoms with Crippen molar-refractivity contribution in [2.24, 2.45) is 5.11 Å². The first-order valence-corrected chi connectivity index (χ1v) is 7.35. The summed E-state index contributed by atoms with van der Waals surface area (Å²) in [5.74, 6) is 0.312. The summed E-state index contributed by atoms with van der Waals surface area (Å²) in [6.07, 6.45) is 0.0172. The van der Waals surface area contributed by atoms with Gasteiger partial charge in [0.25, 0.3) is 0 Å². The van der Waals surface area contributed by atoms with Crippen LogP contribution in [0.3, 0.4) is 0 Å². The van der Waals surface area contributed by atoms with Crippen molar-refractivity contribution in [1.82, 2.24) is 5.32 Å². The zero-order valence-electron chi connectivity index (χ0n) is 13.4. The number of hydrogen-bond acceptors (Lipinski definition) is 6. The molecule has 1 aromatic carbocycles. The van der Waals surface area contributed by atoms with E-state index in [1.807, 2.05) is 0 Å². The second-order valence-electron chi connectivity index (χ2n) is 4.57. The second-order valence-corrected chi connectivity index (χ2v) is 4.57. The van der Waals surface area contributed by atoms with Gasteiger partial charge in [-0.15, -0.1) is 0 Å². The first kappa shape index (κ1) is 19.3. The van der Waals surface area contributed by atoms with E-state index >= 15 is 0 Å². The van der Waals surface area contributed by atoms with Crippen LogP contribution in [-0.4, -0.2) is 45.3 Å². The van der Waals surface area contributed by atoms with Crippen molar-refractivity contribution in [3.63, 3.8) is 0 Å². The Balaban J connectivity index is 2.12. The molecule has 0 saturated heterocycles. The molecule has 0 fully saturated rings. The Bertz CT molecular complexity index is 570. The topological polar surface area (TPSA) is 123 Å². The van der Waals surface area contributed by atoms with Crippen molar-refractivity contribution in [2.45, 2.75) is 12.8 Å². The molecule has 9 heteroatoms. The molecule has 0 aliphatic heterocycles. The molecule has 0 atom stereocenters. The fraction of sp³-hybridized carbons (Fsp3) is 0.467. The van der Waals surface area contributed by atoms with Crippen LogP contribution in [-0.2, 0) is 14.3 Å². The Kier molecular flexibility index (Phi) is 9.44. The SMILES string of the molecule is COc1ccc(OC(=O)CCC(=O)NCCOCCN=[N+]=[N-])cc1. The summed E-state index contributed by atoms with van der Waals surface area (Å²) in [5, 5.41) is 5.92. The van der Waals surface area contributed by atoms with E-state index in [4.69, 9.17) is 19.7 Å². The van der Waals surface area contributed by atoms with Gasteiger partial charge in [0, 0.05) is 24.4 Å². The molecule has 0 aliphatic rings. The maximum atomic E-state index is 11.7. The van der Waals surface area contributed by atoms with E-state index in [1.54, 1.807) is 31.4 Å². The standard InChI is InChI=1S/C15H20N4O5/c1-22-12-2-4-13(5-3-12)24-15(21)7-6-14(20)17-8-10-23-11-9-18-19-16/h2-5H,6-11H2,1H3,(H,17,20). The fourth-order valence-electron chi connectivity index (χ4n) is 1.65. The molecule has 1 rings (SSSR count). The van der Waals surface area contributed by atoms with E-state index in [0.717, 1.165) is 0 Å². The van der Waals surface area contributed by atoms with Crippen LogP contribution in [0.15, 0.2) is 29.4 Å². The fourth-order valence-corrected chi connectivity index (χ4v) is 1.65. The number of amides is 1. The third-order valence-electron chi connectivity index (χ3n) is 2.81. The average molecular weight is 336 g/mol. The second kappa shape index (κ2) is 11.8. The molecule has 0 aliphatic carbocycles. The lowest BCUT2D eigenvalue weighted by atomic mass is 10.3. The normalized spacial score (nSPS) is 9.71. The lowest BCUT2D eigenvalue weighted by molar-refractivity contribution is -0.136. The van der Waals surface area contributed by atoms with Crippen LogP contribution < -0.4 is 14.8 Å². The highest BCUT2D eigenvalue weighted by atomic mass is 16.5. The Labute approximate surface area is 139 Å². The van der Waals surface area contributed by atoms with Crippen LogP contribution in [0.2, 0.25) is 0 Å². The van der Waals surface area contributed by atoms with E-state index in [2.05, 4.69) is 15.3 Å². The van der Waals surface area contributed by atoms with Crippen molar-refractivity contribution < 1.29 is 23.8 Å². The first-order chi connectivity index (χ1) is 11.7. The number of hydrogen-bond donors (Lipinski definition) is 1. The zero-order chi connectivity index (χ0) is 17.6. The lowest BCUT2D eigenvalue weighted by Gasteiger charge is -2.07. The van der Waals surface area contributed by atoms with Crippen molar-refractivity contribution in [2.75, 3.05) is 33.4 Å². The molecule has 24 heavy (non-hydrogen) atoms. The third-order valence-corrected chi connectivity index (χ3v) is 2.81. The highest BCUT2D eigenvalue weighted by Gasteiger charge is 2.09. The van der Waals surface area contributed by atoms with Gasteiger partial charge in [0.1, 0.15) is 11.5 Å². The summed E-state index contributed by atoms with van der Waals surface area (Å²) in [6, 6.07) is 6.59. The average Bonchev–Trinajstić information content (AvgIpc) is 2.60. The van der Waals surface area contributed by atoms with Crippen LogP contribution in [0, 0.1) is 0 Å². The zero-order valence-corrected chi connectivity index (χ0v) is 13.4. The molecule has 0 bridgehead atoms. The number of carbonyl (C=O) groups is 2. The van der Waals surface area contributed by atoms with E-state index in [0.29, 0.717) is 31.3 Å². The monoisotopic (exact) mass is 336 g/mol. The Hall–Kier alpha value is -2.77. The quantitative estimate of drug-likeness (QED) is 0.165. The van der Waals surface area contributed by atoms with E-state index < -0.39 is 5.97 Å². The number of methoxy groups -OCH3 is 1. The minimum Gasteiger partial charge on any atom is -0.497 e. The molecular formula is C15H20N4O5. The largest absolute Gasteiger partial charge is 0.497 e. The van der Waals surface area contributed by atoms with Crippen LogP contribution in [0.1, 0.15) is 12.8 Å². The summed E-state index contributed by atoms with van der Waals surface area (Å²) < 4.78 is 15.2. The molecule has 1 amide bonds. The maximum Gasteiger partial charge on any atom is 0.311 e. The van der Waals surface area contributed by atoms with Gasteiger partial charge >= 0.3 is 5.97 Å². The molecule has 0 saturated carbocycles. The summed E-state index contributed by atoms with van der Waals surface area (Å²) in [5.41, 5.74) is 8.06. The van der Waals surface area contributed by atoms with E-state index in [-0.39, 0.29) is 25.3 Å². The Morgan fingerprint density at radius 1 is 1.17 bits per heavy atom. The van der Waals surface area contributed by atoms with Crippen LogP contribution in [0.25, 0.3) is 10.4 Å². The number of rotatable bonds is 11. The van der Waals surface area contributed by atoms with E-state index in [9.17, 15) is 9.59 Å². The molecule has 1 aromatic rings. The molecular weight excluding hydrogens is 316 g/mol. The number of azide groups is 1. The smallest absolute Gasteiger partial charge is 0.311 e.